The van der Waals surface area contributed by atoms with Crippen molar-refractivity contribution >= 4 is 23.2 Å². The van der Waals surface area contributed by atoms with Crippen molar-refractivity contribution in [2.24, 2.45) is 0 Å². The predicted molar refractivity (Wildman–Crippen MR) is 92.6 cm³/mol. The summed E-state index contributed by atoms with van der Waals surface area (Å²) in [6, 6.07) is 9.46. The summed E-state index contributed by atoms with van der Waals surface area (Å²) in [4.78, 5) is 25.2. The molecule has 0 atom stereocenters. The minimum absolute atomic E-state index is 0.0130. The fourth-order valence-corrected chi connectivity index (χ4v) is 2.25. The van der Waals surface area contributed by atoms with E-state index < -0.39 is 29.4 Å². The summed E-state index contributed by atoms with van der Waals surface area (Å²) < 4.78 is 50.8. The molecule has 0 saturated heterocycles. The Hall–Kier alpha value is -2.94. The third-order valence-electron chi connectivity index (χ3n) is 3.43. The lowest BCUT2D eigenvalue weighted by atomic mass is 10.2. The molecule has 9 heteroatoms. The van der Waals surface area contributed by atoms with Gasteiger partial charge in [0.2, 0.25) is 11.8 Å². The van der Waals surface area contributed by atoms with Crippen LogP contribution in [-0.2, 0) is 15.8 Å². The first-order chi connectivity index (χ1) is 12.6. The largest absolute Gasteiger partial charge is 0.416 e. The average molecular weight is 383 g/mol. The summed E-state index contributed by atoms with van der Waals surface area (Å²) in [6.07, 6.45) is -4.50. The Morgan fingerprint density at radius 2 is 1.48 bits per heavy atom. The smallest absolute Gasteiger partial charge is 0.325 e. The molecule has 0 saturated carbocycles. The number of hydrogen-bond donors (Lipinski definition) is 2. The number of halogens is 4. The van der Waals surface area contributed by atoms with E-state index in [4.69, 9.17) is 0 Å². The Bertz CT molecular complexity index is 807. The van der Waals surface area contributed by atoms with Crippen LogP contribution in [0.2, 0.25) is 0 Å². The minimum Gasteiger partial charge on any atom is -0.325 e. The van der Waals surface area contributed by atoms with Crippen LogP contribution in [0.3, 0.4) is 0 Å². The number of likely N-dealkylation sites (N-methyl/N-ethyl adjacent to an activating group) is 1. The molecule has 0 radical (unpaired) electrons. The molecule has 0 aliphatic heterocycles. The van der Waals surface area contributed by atoms with Crippen LogP contribution >= 0.6 is 0 Å². The summed E-state index contributed by atoms with van der Waals surface area (Å²) >= 11 is 0. The molecule has 2 amide bonds. The fourth-order valence-electron chi connectivity index (χ4n) is 2.25. The molecule has 0 aromatic heterocycles. The molecule has 2 rings (SSSR count). The van der Waals surface area contributed by atoms with Gasteiger partial charge in [-0.15, -0.1) is 0 Å². The van der Waals surface area contributed by atoms with Gasteiger partial charge in [0.05, 0.1) is 18.7 Å². The van der Waals surface area contributed by atoms with Gasteiger partial charge in [0, 0.05) is 11.4 Å². The van der Waals surface area contributed by atoms with Crippen LogP contribution in [0.5, 0.6) is 0 Å². The maximum absolute atomic E-state index is 12.8. The first kappa shape index (κ1) is 20.4. The number of benzene rings is 2. The number of alkyl halides is 3. The van der Waals surface area contributed by atoms with Crippen LogP contribution in [0.1, 0.15) is 5.56 Å². The number of hydrogen-bond acceptors (Lipinski definition) is 3. The lowest BCUT2D eigenvalue weighted by Crippen LogP contribution is -2.36. The number of nitrogens with zero attached hydrogens (tertiary/aromatic N) is 1. The molecule has 0 unspecified atom stereocenters. The van der Waals surface area contributed by atoms with Crippen LogP contribution < -0.4 is 10.6 Å². The Labute approximate surface area is 153 Å². The summed E-state index contributed by atoms with van der Waals surface area (Å²) in [7, 11) is 1.51. The van der Waals surface area contributed by atoms with E-state index in [-0.39, 0.29) is 18.8 Å². The highest BCUT2D eigenvalue weighted by Crippen LogP contribution is 2.30. The third-order valence-corrected chi connectivity index (χ3v) is 3.43. The van der Waals surface area contributed by atoms with E-state index in [1.54, 1.807) is 0 Å². The van der Waals surface area contributed by atoms with Crippen molar-refractivity contribution in [3.63, 3.8) is 0 Å². The second-order valence-corrected chi connectivity index (χ2v) is 5.85. The number of nitrogens with one attached hydrogen (secondary N) is 2. The molecule has 5 nitrogen and oxygen atoms in total. The molecular weight excluding hydrogens is 366 g/mol. The highest BCUT2D eigenvalue weighted by atomic mass is 19.4. The van der Waals surface area contributed by atoms with Crippen LogP contribution in [0.4, 0.5) is 28.9 Å². The van der Waals surface area contributed by atoms with E-state index >= 15 is 0 Å². The maximum Gasteiger partial charge on any atom is 0.416 e. The molecule has 2 aromatic carbocycles. The number of carbonyl (C=O) groups excluding carboxylic acids is 2. The molecule has 144 valence electrons. The Morgan fingerprint density at radius 3 is 2.04 bits per heavy atom. The first-order valence-electron chi connectivity index (χ1n) is 7.84. The average Bonchev–Trinajstić information content (AvgIpc) is 2.56. The highest BCUT2D eigenvalue weighted by molar-refractivity contribution is 5.94. The van der Waals surface area contributed by atoms with Crippen LogP contribution in [0.15, 0.2) is 48.5 Å². The predicted octanol–water partition coefficient (Wildman–Crippen LogP) is 3.35. The SMILES string of the molecule is CN(CC(=O)Nc1ccc(F)cc1)CC(=O)Nc1cccc(C(F)(F)F)c1. The van der Waals surface area contributed by atoms with E-state index in [9.17, 15) is 27.2 Å². The molecule has 0 fully saturated rings. The number of anilines is 2. The van der Waals surface area contributed by atoms with Gasteiger partial charge in [-0.25, -0.2) is 4.39 Å². The molecular formula is C18H17F4N3O2. The van der Waals surface area contributed by atoms with Gasteiger partial charge in [0.25, 0.3) is 0 Å². The van der Waals surface area contributed by atoms with Gasteiger partial charge in [-0.2, -0.15) is 13.2 Å². The van der Waals surface area contributed by atoms with E-state index in [1.807, 2.05) is 0 Å². The van der Waals surface area contributed by atoms with Crippen molar-refractivity contribution in [1.29, 1.82) is 0 Å². The van der Waals surface area contributed by atoms with Gasteiger partial charge in [-0.1, -0.05) is 6.07 Å². The van der Waals surface area contributed by atoms with Crippen molar-refractivity contribution < 1.29 is 27.2 Å². The molecule has 0 aliphatic carbocycles. The van der Waals surface area contributed by atoms with Crippen LogP contribution in [-0.4, -0.2) is 36.9 Å². The third kappa shape index (κ3) is 6.70. The quantitative estimate of drug-likeness (QED) is 0.752. The summed E-state index contributed by atoms with van der Waals surface area (Å²) in [5.41, 5.74) is -0.450. The minimum atomic E-state index is -4.50. The summed E-state index contributed by atoms with van der Waals surface area (Å²) in [5.74, 6) is -1.42. The van der Waals surface area contributed by atoms with Gasteiger partial charge in [-0.3, -0.25) is 14.5 Å². The normalized spacial score (nSPS) is 11.3. The maximum atomic E-state index is 12.8. The fraction of sp³-hybridized carbons (Fsp3) is 0.222. The summed E-state index contributed by atoms with van der Waals surface area (Å²) in [6.45, 7) is -0.333. The van der Waals surface area contributed by atoms with Crippen molar-refractivity contribution in [3.8, 4) is 0 Å². The van der Waals surface area contributed by atoms with Crippen molar-refractivity contribution in [2.75, 3.05) is 30.8 Å². The topological polar surface area (TPSA) is 61.4 Å². The lowest BCUT2D eigenvalue weighted by Gasteiger charge is -2.16. The van der Waals surface area contributed by atoms with E-state index in [1.165, 1.54) is 48.3 Å². The number of carbonyl (C=O) groups is 2. The zero-order valence-corrected chi connectivity index (χ0v) is 14.3. The van der Waals surface area contributed by atoms with Gasteiger partial charge in [-0.05, 0) is 49.5 Å². The first-order valence-corrected chi connectivity index (χ1v) is 7.84. The van der Waals surface area contributed by atoms with Crippen molar-refractivity contribution in [2.45, 2.75) is 6.18 Å². The second kappa shape index (κ2) is 8.63. The van der Waals surface area contributed by atoms with Gasteiger partial charge in [0.15, 0.2) is 0 Å². The number of amides is 2. The second-order valence-electron chi connectivity index (χ2n) is 5.85. The van der Waals surface area contributed by atoms with Gasteiger partial charge in [0.1, 0.15) is 5.82 Å². The Morgan fingerprint density at radius 1 is 0.926 bits per heavy atom. The standard InChI is InChI=1S/C18H17F4N3O2/c1-25(10-16(26)23-14-7-5-13(19)6-8-14)11-17(27)24-15-4-2-3-12(9-15)18(20,21)22/h2-9H,10-11H2,1H3,(H,23,26)(H,24,27). The van der Waals surface area contributed by atoms with E-state index in [0.29, 0.717) is 5.69 Å². The van der Waals surface area contributed by atoms with Crippen molar-refractivity contribution in [1.82, 2.24) is 4.90 Å². The highest BCUT2D eigenvalue weighted by Gasteiger charge is 2.30. The van der Waals surface area contributed by atoms with E-state index in [2.05, 4.69) is 10.6 Å². The molecule has 0 heterocycles. The monoisotopic (exact) mass is 383 g/mol. The lowest BCUT2D eigenvalue weighted by molar-refractivity contribution is -0.137. The Kier molecular flexibility index (Phi) is 6.51. The molecule has 2 N–H and O–H groups in total. The molecule has 0 spiro atoms. The van der Waals surface area contributed by atoms with Gasteiger partial charge >= 0.3 is 6.18 Å². The zero-order chi connectivity index (χ0) is 20.0. The zero-order valence-electron chi connectivity index (χ0n) is 14.3. The Balaban J connectivity index is 1.84. The van der Waals surface area contributed by atoms with Crippen LogP contribution in [0.25, 0.3) is 0 Å². The molecule has 0 aliphatic rings. The van der Waals surface area contributed by atoms with Crippen molar-refractivity contribution in [3.05, 3.63) is 59.9 Å². The number of rotatable bonds is 6. The van der Waals surface area contributed by atoms with Crippen LogP contribution in [0, 0.1) is 5.82 Å². The van der Waals surface area contributed by atoms with Gasteiger partial charge < -0.3 is 10.6 Å². The molecule has 27 heavy (non-hydrogen) atoms. The molecule has 0 bridgehead atoms. The molecule has 2 aromatic rings. The summed E-state index contributed by atoms with van der Waals surface area (Å²) in [5, 5.41) is 4.90. The van der Waals surface area contributed by atoms with E-state index in [0.717, 1.165) is 12.1 Å².